The molecule has 10 heteroatoms. The summed E-state index contributed by atoms with van der Waals surface area (Å²) in [6.07, 6.45) is 3.44. The molecule has 0 bridgehead atoms. The van der Waals surface area contributed by atoms with E-state index in [-0.39, 0.29) is 11.5 Å². The van der Waals surface area contributed by atoms with E-state index < -0.39 is 5.82 Å². The molecule has 1 fully saturated rings. The van der Waals surface area contributed by atoms with E-state index in [2.05, 4.69) is 39.5 Å². The number of nitrogens with zero attached hydrogens (tertiary/aromatic N) is 5. The van der Waals surface area contributed by atoms with Crippen LogP contribution >= 0.6 is 11.6 Å². The van der Waals surface area contributed by atoms with Crippen LogP contribution in [0.1, 0.15) is 19.5 Å². The van der Waals surface area contributed by atoms with Crippen molar-refractivity contribution >= 4 is 45.3 Å². The molecule has 0 amide bonds. The van der Waals surface area contributed by atoms with Crippen LogP contribution < -0.4 is 15.5 Å². The van der Waals surface area contributed by atoms with Crippen LogP contribution in [0.25, 0.3) is 16.6 Å². The van der Waals surface area contributed by atoms with E-state index in [4.69, 9.17) is 11.6 Å². The van der Waals surface area contributed by atoms with Crippen molar-refractivity contribution in [3.63, 3.8) is 0 Å². The zero-order valence-electron chi connectivity index (χ0n) is 18.7. The number of halogens is 3. The SMILES string of the molecule is Cc1cn2cc(Nc3nn(CCCl)c4cc(N5C[C@H](C)N[C@@H](C)C5)cc(F)c34)cc(F)c2n1. The van der Waals surface area contributed by atoms with Crippen LogP contribution in [0.2, 0.25) is 0 Å². The molecule has 4 aromatic rings. The first-order valence-electron chi connectivity index (χ1n) is 11.0. The largest absolute Gasteiger partial charge is 0.368 e. The van der Waals surface area contributed by atoms with E-state index >= 15 is 4.39 Å². The Hall–Kier alpha value is -2.91. The Bertz CT molecular complexity index is 1320. The van der Waals surface area contributed by atoms with E-state index in [0.717, 1.165) is 18.8 Å². The van der Waals surface area contributed by atoms with Gasteiger partial charge in [0.2, 0.25) is 0 Å². The van der Waals surface area contributed by atoms with Gasteiger partial charge in [-0.05, 0) is 32.9 Å². The highest BCUT2D eigenvalue weighted by Gasteiger charge is 2.24. The van der Waals surface area contributed by atoms with Crippen molar-refractivity contribution in [3.05, 3.63) is 47.9 Å². The van der Waals surface area contributed by atoms with E-state index in [0.29, 0.717) is 52.6 Å². The fraction of sp³-hybridized carbons (Fsp3) is 0.391. The van der Waals surface area contributed by atoms with Gasteiger partial charge >= 0.3 is 0 Å². The van der Waals surface area contributed by atoms with Crippen LogP contribution in [0, 0.1) is 18.6 Å². The number of pyridine rings is 1. The third-order valence-corrected chi connectivity index (χ3v) is 6.07. The monoisotopic (exact) mass is 473 g/mol. The molecule has 1 aromatic carbocycles. The van der Waals surface area contributed by atoms with E-state index in [1.807, 2.05) is 6.07 Å². The van der Waals surface area contributed by atoms with Crippen molar-refractivity contribution < 1.29 is 8.78 Å². The minimum Gasteiger partial charge on any atom is -0.368 e. The van der Waals surface area contributed by atoms with Gasteiger partial charge in [-0.15, -0.1) is 11.6 Å². The molecule has 0 spiro atoms. The van der Waals surface area contributed by atoms with E-state index in [1.54, 1.807) is 34.5 Å². The number of hydrogen-bond donors (Lipinski definition) is 2. The minimum atomic E-state index is -0.470. The number of rotatable bonds is 5. The Morgan fingerprint density at radius 2 is 1.88 bits per heavy atom. The van der Waals surface area contributed by atoms with Gasteiger partial charge in [0.25, 0.3) is 0 Å². The molecule has 3 aromatic heterocycles. The molecule has 33 heavy (non-hydrogen) atoms. The zero-order valence-corrected chi connectivity index (χ0v) is 19.5. The minimum absolute atomic E-state index is 0.242. The van der Waals surface area contributed by atoms with Gasteiger partial charge in [0, 0.05) is 55.2 Å². The summed E-state index contributed by atoms with van der Waals surface area (Å²) in [7, 11) is 0. The summed E-state index contributed by atoms with van der Waals surface area (Å²) in [6, 6.07) is 5.44. The molecule has 2 N–H and O–H groups in total. The fourth-order valence-electron chi connectivity index (χ4n) is 4.68. The number of aromatic nitrogens is 4. The standard InChI is InChI=1S/C23H26ClF2N7/c1-13-9-31(10-14(2)27-13)17-7-18(25)21-20(8-17)33(5-4-24)30-22(21)29-16-6-19(26)23-28-15(3)11-32(23)12-16/h6-8,11-14,27H,4-5,9-10H2,1-3H3,(H,29,30)/t13-,14-/m0/s1. The quantitative estimate of drug-likeness (QED) is 0.420. The van der Waals surface area contributed by atoms with Crippen LogP contribution in [0.3, 0.4) is 0 Å². The molecule has 5 rings (SSSR count). The Kier molecular flexibility index (Phi) is 5.62. The number of aryl methyl sites for hydroxylation is 2. The van der Waals surface area contributed by atoms with Gasteiger partial charge in [0.05, 0.1) is 28.8 Å². The molecular formula is C23H26ClF2N7. The van der Waals surface area contributed by atoms with Gasteiger partial charge in [0.1, 0.15) is 5.82 Å². The Balaban J connectivity index is 1.57. The summed E-state index contributed by atoms with van der Waals surface area (Å²) in [5.74, 6) is -0.206. The number of benzene rings is 1. The van der Waals surface area contributed by atoms with Crippen LogP contribution in [-0.4, -0.2) is 50.2 Å². The molecule has 0 radical (unpaired) electrons. The highest BCUT2D eigenvalue weighted by Crippen LogP contribution is 2.33. The first-order valence-corrected chi connectivity index (χ1v) is 11.5. The van der Waals surface area contributed by atoms with Gasteiger partial charge in [0.15, 0.2) is 17.3 Å². The first kappa shape index (κ1) is 21.9. The first-order chi connectivity index (χ1) is 15.8. The number of hydrogen-bond acceptors (Lipinski definition) is 5. The summed E-state index contributed by atoms with van der Waals surface area (Å²) in [5, 5.41) is 11.5. The van der Waals surface area contributed by atoms with Crippen LogP contribution in [0.15, 0.2) is 30.6 Å². The second-order valence-electron chi connectivity index (χ2n) is 8.77. The second kappa shape index (κ2) is 8.46. The number of alkyl halides is 1. The van der Waals surface area contributed by atoms with Gasteiger partial charge in [-0.25, -0.2) is 13.8 Å². The van der Waals surface area contributed by atoms with Gasteiger partial charge in [-0.3, -0.25) is 4.68 Å². The number of nitrogens with one attached hydrogen (secondary N) is 2. The van der Waals surface area contributed by atoms with E-state index in [9.17, 15) is 4.39 Å². The summed E-state index contributed by atoms with van der Waals surface area (Å²) < 4.78 is 33.3. The predicted octanol–water partition coefficient (Wildman–Crippen LogP) is 4.44. The van der Waals surface area contributed by atoms with Crippen molar-refractivity contribution in [1.82, 2.24) is 24.5 Å². The lowest BCUT2D eigenvalue weighted by Crippen LogP contribution is -2.54. The summed E-state index contributed by atoms with van der Waals surface area (Å²) in [4.78, 5) is 6.36. The van der Waals surface area contributed by atoms with Gasteiger partial charge in [-0.1, -0.05) is 0 Å². The Labute approximate surface area is 195 Å². The number of fused-ring (bicyclic) bond motifs is 2. The molecule has 7 nitrogen and oxygen atoms in total. The summed E-state index contributed by atoms with van der Waals surface area (Å²) in [5.41, 5.74) is 2.85. The smallest absolute Gasteiger partial charge is 0.173 e. The lowest BCUT2D eigenvalue weighted by atomic mass is 10.1. The predicted molar refractivity (Wildman–Crippen MR) is 128 cm³/mol. The molecule has 0 saturated carbocycles. The molecule has 1 saturated heterocycles. The molecule has 0 aliphatic carbocycles. The maximum absolute atomic E-state index is 15.5. The van der Waals surface area contributed by atoms with Crippen LogP contribution in [0.5, 0.6) is 0 Å². The number of piperazine rings is 1. The number of anilines is 3. The lowest BCUT2D eigenvalue weighted by molar-refractivity contribution is 0.407. The van der Waals surface area contributed by atoms with Crippen molar-refractivity contribution in [3.8, 4) is 0 Å². The molecule has 1 aliphatic heterocycles. The van der Waals surface area contributed by atoms with Crippen molar-refractivity contribution in [2.24, 2.45) is 0 Å². The zero-order chi connectivity index (χ0) is 23.3. The highest BCUT2D eigenvalue weighted by atomic mass is 35.5. The van der Waals surface area contributed by atoms with Gasteiger partial charge in [-0.2, -0.15) is 5.10 Å². The highest BCUT2D eigenvalue weighted by molar-refractivity contribution is 6.17. The average molecular weight is 474 g/mol. The lowest BCUT2D eigenvalue weighted by Gasteiger charge is -2.37. The summed E-state index contributed by atoms with van der Waals surface area (Å²) >= 11 is 6.01. The van der Waals surface area contributed by atoms with Crippen molar-refractivity contribution in [2.75, 3.05) is 29.2 Å². The maximum atomic E-state index is 15.5. The van der Waals surface area contributed by atoms with Crippen molar-refractivity contribution in [1.29, 1.82) is 0 Å². The van der Waals surface area contributed by atoms with Crippen LogP contribution in [-0.2, 0) is 6.54 Å². The molecule has 1 aliphatic rings. The molecule has 0 unspecified atom stereocenters. The summed E-state index contributed by atoms with van der Waals surface area (Å²) in [6.45, 7) is 8.03. The molecule has 174 valence electrons. The second-order valence-corrected chi connectivity index (χ2v) is 9.15. The third kappa shape index (κ3) is 4.11. The molecule has 4 heterocycles. The Morgan fingerprint density at radius 1 is 1.12 bits per heavy atom. The number of imidazole rings is 1. The van der Waals surface area contributed by atoms with Crippen LogP contribution in [0.4, 0.5) is 26.0 Å². The topological polar surface area (TPSA) is 62.4 Å². The van der Waals surface area contributed by atoms with Crippen molar-refractivity contribution in [2.45, 2.75) is 39.4 Å². The molecule has 2 atom stereocenters. The third-order valence-electron chi connectivity index (χ3n) is 5.90. The maximum Gasteiger partial charge on any atom is 0.173 e. The fourth-order valence-corrected chi connectivity index (χ4v) is 4.84. The normalized spacial score (nSPS) is 19.0. The molecular weight excluding hydrogens is 448 g/mol. The Morgan fingerprint density at radius 3 is 2.61 bits per heavy atom. The van der Waals surface area contributed by atoms with E-state index in [1.165, 1.54) is 6.07 Å². The van der Waals surface area contributed by atoms with Gasteiger partial charge < -0.3 is 19.9 Å². The average Bonchev–Trinajstić information content (AvgIpc) is 3.28.